The molecule has 8 atom stereocenters. The fraction of sp³-hybridized carbons (Fsp3) is 0.492. The van der Waals surface area contributed by atoms with E-state index in [0.29, 0.717) is 67.7 Å². The highest BCUT2D eigenvalue weighted by molar-refractivity contribution is 7.98. The molecule has 8 rings (SSSR count). The van der Waals surface area contributed by atoms with Crippen LogP contribution in [-0.2, 0) is 96.3 Å². The van der Waals surface area contributed by atoms with Crippen molar-refractivity contribution < 1.29 is 119 Å². The first-order chi connectivity index (χ1) is 50.2. The maximum atomic E-state index is 14.0. The molecule has 1 aromatic carbocycles. The van der Waals surface area contributed by atoms with Gasteiger partial charge in [0, 0.05) is 44.1 Å². The van der Waals surface area contributed by atoms with Gasteiger partial charge in [-0.05, 0) is 131 Å². The average Bonchev–Trinajstić information content (AvgIpc) is 1.61. The summed E-state index contributed by atoms with van der Waals surface area (Å²) in [5.74, 6) is -2.03. The van der Waals surface area contributed by atoms with E-state index in [1.54, 1.807) is 12.1 Å². The number of aromatic nitrogens is 4. The second-order valence-electron chi connectivity index (χ2n) is 24.3. The van der Waals surface area contributed by atoms with Crippen LogP contribution in [0.3, 0.4) is 0 Å². The van der Waals surface area contributed by atoms with Crippen LogP contribution in [0.15, 0.2) is 122 Å². The molecule has 1 fully saturated rings. The molecule has 0 spiro atoms. The van der Waals surface area contributed by atoms with Crippen LogP contribution in [0.4, 0.5) is 11.6 Å². The average molecular weight is 1590 g/mol. The Kier molecular flexibility index (Phi) is 30.2. The minimum absolute atomic E-state index is 0.0509. The molecule has 4 unspecified atom stereocenters. The number of hydrogen-bond acceptors (Lipinski definition) is 31. The van der Waals surface area contributed by atoms with Crippen molar-refractivity contribution in [1.29, 1.82) is 0 Å². The molecule has 106 heavy (non-hydrogen) atoms. The van der Waals surface area contributed by atoms with Crippen molar-refractivity contribution in [2.75, 3.05) is 38.1 Å². The van der Waals surface area contributed by atoms with E-state index in [1.807, 2.05) is 0 Å². The van der Waals surface area contributed by atoms with Gasteiger partial charge in [-0.2, -0.15) is 38.7 Å². The Labute approximate surface area is 610 Å². The predicted molar refractivity (Wildman–Crippen MR) is 368 cm³/mol. The van der Waals surface area contributed by atoms with Crippen LogP contribution < -0.4 is 42.5 Å². The van der Waals surface area contributed by atoms with E-state index in [0.717, 1.165) is 29.8 Å². The Morgan fingerprint density at radius 1 is 0.538 bits per heavy atom. The summed E-state index contributed by atoms with van der Waals surface area (Å²) in [7, 11) is -18.7. The summed E-state index contributed by atoms with van der Waals surface area (Å²) in [6.45, 7) is -0.759. The summed E-state index contributed by atoms with van der Waals surface area (Å²) in [5, 5.41) is 73.3. The van der Waals surface area contributed by atoms with Crippen molar-refractivity contribution >= 4 is 98.7 Å². The maximum Gasteiger partial charge on any atom is 0.328 e. The number of carbonyl (C=O) groups is 4. The lowest BCUT2D eigenvalue weighted by Crippen LogP contribution is -2.45. The van der Waals surface area contributed by atoms with Gasteiger partial charge in [-0.3, -0.25) is 73.3 Å². The molecule has 1 saturated heterocycles. The lowest BCUT2D eigenvalue weighted by atomic mass is 10.1. The van der Waals surface area contributed by atoms with Crippen molar-refractivity contribution in [2.45, 2.75) is 183 Å². The van der Waals surface area contributed by atoms with Crippen molar-refractivity contribution in [3.63, 3.8) is 0 Å². The Morgan fingerprint density at radius 2 is 0.925 bits per heavy atom. The summed E-state index contributed by atoms with van der Waals surface area (Å²) in [4.78, 5) is 78.0. The number of hydrogen-bond donors (Lipinski definition) is 16. The molecule has 45 heteroatoms. The summed E-state index contributed by atoms with van der Waals surface area (Å²) in [6.07, 6.45) is -0.620. The van der Waals surface area contributed by atoms with Crippen LogP contribution in [0, 0.1) is 10.1 Å². The summed E-state index contributed by atoms with van der Waals surface area (Å²) in [6, 6.07) is 11.3. The Bertz CT molecular complexity index is 4590. The first-order valence-electron chi connectivity index (χ1n) is 33.0. The van der Waals surface area contributed by atoms with E-state index in [1.165, 1.54) is 59.1 Å². The van der Waals surface area contributed by atoms with Crippen molar-refractivity contribution in [1.82, 2.24) is 56.7 Å². The standard InChI is InChI=1S/C61H81N13O27S5/c75-33-46-52(76)53(77)59(101-46)73-35-70-51-54(73)71-61(72-58(51)102-34-36-13-15-37(16-14-36)74(83)84)65-28-8-3-11-44(68-31-40-19-23-49(99-40)105(91,92)93)57(80)63-26-6-1-9-42(66-29-38-17-21-47(97-38)103(85,86)87)55(78)62-25-5-2-10-43(67-30-39-18-22-48(98-39)104(88,89)90)56(79)64-27-7-4-12-45(60(81)82)69-32-41-20-24-50(100-41)106(94,95)96/h13-24,35,42-46,52-53,59,66-69,75-77H,1-12,25-34H2,(H,62,78)(H,63,80)(H,64,79)(H,81,82)(H,65,71,72)(H,85,86,87)(H,88,89,90)(H,91,92,93)(H,94,95,96)/t42?,43?,44?,45?,46-,52-,53-,59-/m1/s1. The van der Waals surface area contributed by atoms with Crippen LogP contribution in [0.25, 0.3) is 11.2 Å². The van der Waals surface area contributed by atoms with E-state index in [2.05, 4.69) is 52.5 Å². The molecule has 7 heterocycles. The number of fused-ring (bicyclic) bond motifs is 1. The number of rotatable bonds is 47. The van der Waals surface area contributed by atoms with Gasteiger partial charge < -0.3 is 64.1 Å². The third kappa shape index (κ3) is 24.9. The van der Waals surface area contributed by atoms with Gasteiger partial charge in [-0.15, -0.1) is 0 Å². The first-order valence-corrected chi connectivity index (χ1v) is 39.7. The minimum Gasteiger partial charge on any atom is -0.480 e. The number of carbonyl (C=O) groups excluding carboxylic acids is 3. The van der Waals surface area contributed by atoms with E-state index in [4.69, 9.17) is 27.4 Å². The number of ether oxygens (including phenoxy) is 1. The second kappa shape index (κ2) is 38.4. The molecule has 3 amide bonds. The number of unbranched alkanes of at least 4 members (excludes halogenated alkanes) is 4. The third-order valence-electron chi connectivity index (χ3n) is 16.5. The molecule has 1 aliphatic rings. The number of imidazole rings is 1. The van der Waals surface area contributed by atoms with Gasteiger partial charge in [-0.1, -0.05) is 23.9 Å². The highest BCUT2D eigenvalue weighted by Gasteiger charge is 2.44. The molecular formula is C61H81N13O27S5. The van der Waals surface area contributed by atoms with Crippen LogP contribution in [-0.4, -0.2) is 196 Å². The van der Waals surface area contributed by atoms with Gasteiger partial charge in [0.05, 0.1) is 62.2 Å². The fourth-order valence-electron chi connectivity index (χ4n) is 10.9. The molecule has 0 saturated carbocycles. The number of aliphatic hydroxyl groups excluding tert-OH is 3. The van der Waals surface area contributed by atoms with E-state index in [-0.39, 0.29) is 118 Å². The molecule has 6 aromatic heterocycles. The minimum atomic E-state index is -4.71. The number of aliphatic carboxylic acids is 1. The number of carboxylic acids is 1. The Balaban J connectivity index is 0.851. The van der Waals surface area contributed by atoms with Gasteiger partial charge in [0.1, 0.15) is 57.9 Å². The smallest absolute Gasteiger partial charge is 0.328 e. The number of nitrogens with one attached hydrogen (secondary N) is 8. The second-order valence-corrected chi connectivity index (χ2v) is 30.6. The zero-order valence-corrected chi connectivity index (χ0v) is 60.4. The van der Waals surface area contributed by atoms with Crippen LogP contribution in [0.5, 0.6) is 0 Å². The van der Waals surface area contributed by atoms with E-state index in [9.17, 15) is 102 Å². The predicted octanol–water partition coefficient (Wildman–Crippen LogP) is 2.16. The zero-order valence-electron chi connectivity index (χ0n) is 56.3. The third-order valence-corrected chi connectivity index (χ3v) is 20.4. The summed E-state index contributed by atoms with van der Waals surface area (Å²) >= 11 is 1.24. The number of amides is 3. The molecule has 0 aliphatic carbocycles. The van der Waals surface area contributed by atoms with E-state index >= 15 is 0 Å². The lowest BCUT2D eigenvalue weighted by Gasteiger charge is -2.20. The first kappa shape index (κ1) is 83.3. The SMILES string of the molecule is O=C(O)C(CCCCNC(=O)C(CCCCNC(=O)C(CCCCNC(=O)C(CCCCNc1nc(SCc2ccc([N+](=O)[O-])cc2)c2ncn([C@@H]3O[C@H](CO)[C@@H](O)[C@H]3O)c2n1)NCc1ccc(S(=O)(=O)O)o1)NCc1ccc(S(=O)(=O)O)o1)NCc1ccc(S(=O)(=O)O)o1)NCc1ccc(S(=O)(=O)O)o1. The van der Waals surface area contributed by atoms with Gasteiger partial charge in [-0.25, -0.2) is 9.97 Å². The van der Waals surface area contributed by atoms with Gasteiger partial charge in [0.15, 0.2) is 11.9 Å². The normalized spacial score (nSPS) is 16.9. The molecule has 0 bridgehead atoms. The molecule has 16 N–H and O–H groups in total. The monoisotopic (exact) mass is 1590 g/mol. The van der Waals surface area contributed by atoms with Crippen LogP contribution >= 0.6 is 11.8 Å². The van der Waals surface area contributed by atoms with Crippen molar-refractivity contribution in [2.24, 2.45) is 0 Å². The summed E-state index contributed by atoms with van der Waals surface area (Å²) < 4.78 is 159. The fourth-order valence-corrected chi connectivity index (χ4v) is 13.6. The number of anilines is 1. The zero-order chi connectivity index (χ0) is 76.9. The molecule has 0 radical (unpaired) electrons. The van der Waals surface area contributed by atoms with Crippen LogP contribution in [0.2, 0.25) is 0 Å². The number of nitro benzene ring substituents is 1. The molecule has 40 nitrogen and oxygen atoms in total. The topological polar surface area (TPSA) is 611 Å². The van der Waals surface area contributed by atoms with Gasteiger partial charge >= 0.3 is 46.4 Å². The van der Waals surface area contributed by atoms with Gasteiger partial charge in [0.2, 0.25) is 44.0 Å². The lowest BCUT2D eigenvalue weighted by molar-refractivity contribution is -0.384. The highest BCUT2D eigenvalue weighted by Crippen LogP contribution is 2.35. The quantitative estimate of drug-likeness (QED) is 0.00649. The molecule has 582 valence electrons. The number of thioether (sulfide) groups is 1. The molecular weight excluding hydrogens is 1510 g/mol. The Hall–Kier alpha value is -8.36. The number of nitrogens with zero attached hydrogens (tertiary/aromatic N) is 5. The largest absolute Gasteiger partial charge is 0.480 e. The Morgan fingerprint density at radius 3 is 1.28 bits per heavy atom. The number of nitro groups is 1. The van der Waals surface area contributed by atoms with Crippen LogP contribution in [0.1, 0.15) is 112 Å². The number of carboxylic acid groups (broad SMARTS) is 1. The van der Waals surface area contributed by atoms with Gasteiger partial charge in [0.25, 0.3) is 5.69 Å². The van der Waals surface area contributed by atoms with Crippen molar-refractivity contribution in [3.8, 4) is 0 Å². The number of furan rings is 4. The number of benzene rings is 1. The van der Waals surface area contributed by atoms with E-state index < -0.39 is 145 Å². The van der Waals surface area contributed by atoms with Crippen molar-refractivity contribution in [3.05, 3.63) is 118 Å². The maximum absolute atomic E-state index is 14.0. The molecule has 7 aromatic rings. The molecule has 1 aliphatic heterocycles. The number of non-ortho nitro benzene ring substituents is 1. The highest BCUT2D eigenvalue weighted by atomic mass is 32.2. The number of aliphatic hydroxyl groups is 3. The summed E-state index contributed by atoms with van der Waals surface area (Å²) in [5.41, 5.74) is 1.13.